The number of carbonyl (C=O) groups excluding carboxylic acids is 4. The maximum absolute atomic E-state index is 12.5. The fraction of sp³-hybridized carbons (Fsp3) is 0.273. The molecule has 1 aliphatic rings. The third-order valence-corrected chi connectivity index (χ3v) is 5.29. The number of barbiturate groups is 1. The predicted molar refractivity (Wildman–Crippen MR) is 110 cm³/mol. The lowest BCUT2D eigenvalue weighted by Crippen LogP contribution is -2.52. The summed E-state index contributed by atoms with van der Waals surface area (Å²) in [4.78, 5) is 50.7. The first kappa shape index (κ1) is 21.0. The highest BCUT2D eigenvalue weighted by Gasteiger charge is 2.38. The molecule has 3 rings (SSSR count). The number of aromatic nitrogens is 1. The molecule has 1 fully saturated rings. The van der Waals surface area contributed by atoms with Gasteiger partial charge in [-0.2, -0.15) is 0 Å². The highest BCUT2D eigenvalue weighted by molar-refractivity contribution is 6.30. The van der Waals surface area contributed by atoms with Crippen molar-refractivity contribution in [3.8, 4) is 5.69 Å². The number of benzene rings is 1. The maximum Gasteiger partial charge on any atom is 0.337 e. The Bertz CT molecular complexity index is 1100. The van der Waals surface area contributed by atoms with Crippen LogP contribution < -0.4 is 0 Å². The van der Waals surface area contributed by atoms with Crippen molar-refractivity contribution in [2.24, 2.45) is 0 Å². The molecule has 0 spiro atoms. The molecule has 0 N–H and O–H groups in total. The van der Waals surface area contributed by atoms with Gasteiger partial charge >= 0.3 is 12.0 Å². The molecule has 156 valence electrons. The molecule has 0 bridgehead atoms. The molecule has 2 heterocycles. The first-order chi connectivity index (χ1) is 14.1. The van der Waals surface area contributed by atoms with Crippen molar-refractivity contribution >= 4 is 29.9 Å². The van der Waals surface area contributed by atoms with E-state index in [4.69, 9.17) is 4.74 Å². The number of rotatable bonds is 3. The SMILES string of the molecule is COC(=O)c1ccc(C)c(-n2c(C)cc(C=C3C(=O)N(C)C(=O)N(C)C3=O)c2C)c1. The van der Waals surface area contributed by atoms with Crippen LogP contribution in [0.3, 0.4) is 0 Å². The summed E-state index contributed by atoms with van der Waals surface area (Å²) >= 11 is 0. The number of methoxy groups -OCH3 is 1. The van der Waals surface area contributed by atoms with Crippen molar-refractivity contribution < 1.29 is 23.9 Å². The number of nitrogens with zero attached hydrogens (tertiary/aromatic N) is 3. The molecule has 4 amide bonds. The van der Waals surface area contributed by atoms with Gasteiger partial charge in [-0.15, -0.1) is 0 Å². The lowest BCUT2D eigenvalue weighted by atomic mass is 10.1. The van der Waals surface area contributed by atoms with Crippen LogP contribution in [-0.4, -0.2) is 59.4 Å². The predicted octanol–water partition coefficient (Wildman–Crippen LogP) is 2.62. The molecule has 8 heteroatoms. The Morgan fingerprint density at radius 2 is 1.57 bits per heavy atom. The van der Waals surface area contributed by atoms with Crippen LogP contribution in [0.2, 0.25) is 0 Å². The summed E-state index contributed by atoms with van der Waals surface area (Å²) in [5.74, 6) is -1.72. The van der Waals surface area contributed by atoms with Gasteiger partial charge in [0.2, 0.25) is 0 Å². The summed E-state index contributed by atoms with van der Waals surface area (Å²) in [6.07, 6.45) is 1.50. The molecule has 0 atom stereocenters. The zero-order valence-corrected chi connectivity index (χ0v) is 17.8. The van der Waals surface area contributed by atoms with Gasteiger partial charge in [0.05, 0.1) is 12.7 Å². The van der Waals surface area contributed by atoms with E-state index in [-0.39, 0.29) is 5.57 Å². The first-order valence-corrected chi connectivity index (χ1v) is 9.28. The van der Waals surface area contributed by atoms with Crippen molar-refractivity contribution in [1.82, 2.24) is 14.4 Å². The topological polar surface area (TPSA) is 88.9 Å². The summed E-state index contributed by atoms with van der Waals surface area (Å²) in [7, 11) is 4.01. The van der Waals surface area contributed by atoms with Gasteiger partial charge in [-0.25, -0.2) is 9.59 Å². The van der Waals surface area contributed by atoms with Crippen molar-refractivity contribution in [3.63, 3.8) is 0 Å². The molecule has 0 saturated carbocycles. The lowest BCUT2D eigenvalue weighted by molar-refractivity contribution is -0.134. The number of hydrogen-bond donors (Lipinski definition) is 0. The standard InChI is InChI=1S/C22H23N3O5/c1-12-7-8-15(21(28)30-6)11-18(12)25-13(2)9-16(14(25)3)10-17-19(26)23(4)22(29)24(5)20(17)27/h7-11H,1-6H3. The monoisotopic (exact) mass is 409 g/mol. The smallest absolute Gasteiger partial charge is 0.337 e. The normalized spacial score (nSPS) is 14.5. The second-order valence-corrected chi connectivity index (χ2v) is 7.22. The van der Waals surface area contributed by atoms with Gasteiger partial charge in [0, 0.05) is 31.2 Å². The van der Waals surface area contributed by atoms with E-state index in [9.17, 15) is 19.2 Å². The van der Waals surface area contributed by atoms with Crippen LogP contribution in [-0.2, 0) is 14.3 Å². The summed E-state index contributed by atoms with van der Waals surface area (Å²) in [6, 6.07) is 6.47. The summed E-state index contributed by atoms with van der Waals surface area (Å²) in [6.45, 7) is 5.68. The van der Waals surface area contributed by atoms with E-state index in [2.05, 4.69) is 0 Å². The molecule has 2 aromatic rings. The Hall–Kier alpha value is -3.68. The minimum Gasteiger partial charge on any atom is -0.465 e. The van der Waals surface area contributed by atoms with Gasteiger partial charge in [0.1, 0.15) is 5.57 Å². The molecule has 1 aliphatic heterocycles. The van der Waals surface area contributed by atoms with Gasteiger partial charge < -0.3 is 9.30 Å². The van der Waals surface area contributed by atoms with E-state index in [0.717, 1.165) is 32.4 Å². The zero-order chi connectivity index (χ0) is 22.3. The zero-order valence-electron chi connectivity index (χ0n) is 17.8. The molecule has 0 aliphatic carbocycles. The molecule has 1 aromatic heterocycles. The Morgan fingerprint density at radius 3 is 2.13 bits per heavy atom. The van der Waals surface area contributed by atoms with E-state index in [1.54, 1.807) is 12.1 Å². The number of esters is 1. The number of ether oxygens (including phenoxy) is 1. The third-order valence-electron chi connectivity index (χ3n) is 5.29. The highest BCUT2D eigenvalue weighted by Crippen LogP contribution is 2.27. The third kappa shape index (κ3) is 3.30. The van der Waals surface area contributed by atoms with Crippen LogP contribution >= 0.6 is 0 Å². The van der Waals surface area contributed by atoms with Crippen LogP contribution in [0, 0.1) is 20.8 Å². The van der Waals surface area contributed by atoms with E-state index < -0.39 is 23.8 Å². The van der Waals surface area contributed by atoms with E-state index in [0.29, 0.717) is 11.1 Å². The summed E-state index contributed by atoms with van der Waals surface area (Å²) < 4.78 is 6.77. The van der Waals surface area contributed by atoms with E-state index in [1.807, 2.05) is 37.5 Å². The summed E-state index contributed by atoms with van der Waals surface area (Å²) in [5, 5.41) is 0. The number of urea groups is 1. The van der Waals surface area contributed by atoms with Crippen LogP contribution in [0.4, 0.5) is 4.79 Å². The van der Waals surface area contributed by atoms with Gasteiger partial charge in [-0.3, -0.25) is 19.4 Å². The van der Waals surface area contributed by atoms with E-state index in [1.165, 1.54) is 27.3 Å². The molecular weight excluding hydrogens is 386 g/mol. The second-order valence-electron chi connectivity index (χ2n) is 7.22. The van der Waals surface area contributed by atoms with Crippen LogP contribution in [0.1, 0.15) is 32.9 Å². The Balaban J connectivity index is 2.13. The van der Waals surface area contributed by atoms with Gasteiger partial charge in [0.25, 0.3) is 11.8 Å². The molecule has 1 saturated heterocycles. The van der Waals surface area contributed by atoms with Crippen molar-refractivity contribution in [2.75, 3.05) is 21.2 Å². The minimum atomic E-state index is -0.664. The molecule has 8 nitrogen and oxygen atoms in total. The van der Waals surface area contributed by atoms with Gasteiger partial charge in [0.15, 0.2) is 0 Å². The average molecular weight is 409 g/mol. The number of carbonyl (C=O) groups is 4. The highest BCUT2D eigenvalue weighted by atomic mass is 16.5. The van der Waals surface area contributed by atoms with Crippen molar-refractivity contribution in [2.45, 2.75) is 20.8 Å². The molecule has 0 unspecified atom stereocenters. The van der Waals surface area contributed by atoms with Crippen molar-refractivity contribution in [3.05, 3.63) is 57.9 Å². The Labute approximate surface area is 174 Å². The fourth-order valence-corrected chi connectivity index (χ4v) is 3.53. The lowest BCUT2D eigenvalue weighted by Gasteiger charge is -2.28. The summed E-state index contributed by atoms with van der Waals surface area (Å²) in [5.41, 5.74) is 4.39. The molecule has 0 radical (unpaired) electrons. The fourth-order valence-electron chi connectivity index (χ4n) is 3.53. The van der Waals surface area contributed by atoms with Crippen molar-refractivity contribution in [1.29, 1.82) is 0 Å². The van der Waals surface area contributed by atoms with Crippen LogP contribution in [0.25, 0.3) is 11.8 Å². The van der Waals surface area contributed by atoms with Crippen LogP contribution in [0.5, 0.6) is 0 Å². The number of aryl methyl sites for hydroxylation is 2. The largest absolute Gasteiger partial charge is 0.465 e. The van der Waals surface area contributed by atoms with Gasteiger partial charge in [-0.1, -0.05) is 6.07 Å². The quantitative estimate of drug-likeness (QED) is 0.442. The number of amides is 4. The number of imide groups is 2. The second kappa shape index (κ2) is 7.62. The number of hydrogen-bond acceptors (Lipinski definition) is 5. The number of likely N-dealkylation sites (N-methyl/N-ethyl adjacent to an activating group) is 2. The van der Waals surface area contributed by atoms with E-state index >= 15 is 0 Å². The Kier molecular flexibility index (Phi) is 5.35. The average Bonchev–Trinajstić information content (AvgIpc) is 3.01. The van der Waals surface area contributed by atoms with Crippen LogP contribution in [0.15, 0.2) is 29.8 Å². The molecule has 1 aromatic carbocycles. The maximum atomic E-state index is 12.5. The first-order valence-electron chi connectivity index (χ1n) is 9.28. The molecular formula is C22H23N3O5. The van der Waals surface area contributed by atoms with Gasteiger partial charge in [-0.05, 0) is 56.2 Å². The Morgan fingerprint density at radius 1 is 0.967 bits per heavy atom. The molecule has 30 heavy (non-hydrogen) atoms. The minimum absolute atomic E-state index is 0.0834.